The lowest BCUT2D eigenvalue weighted by atomic mass is 10.0. The van der Waals surface area contributed by atoms with Crippen molar-refractivity contribution >= 4 is 29.0 Å². The molecule has 0 radical (unpaired) electrons. The maximum atomic E-state index is 12.9. The van der Waals surface area contributed by atoms with Crippen molar-refractivity contribution in [2.75, 3.05) is 16.8 Å². The van der Waals surface area contributed by atoms with Gasteiger partial charge in [-0.1, -0.05) is 19.1 Å². The van der Waals surface area contributed by atoms with Gasteiger partial charge in [-0.25, -0.2) is 0 Å². The first-order valence-corrected chi connectivity index (χ1v) is 10.4. The van der Waals surface area contributed by atoms with Crippen molar-refractivity contribution in [3.8, 4) is 0 Å². The van der Waals surface area contributed by atoms with E-state index in [4.69, 9.17) is 0 Å². The van der Waals surface area contributed by atoms with Gasteiger partial charge in [0.25, 0.3) is 17.4 Å². The number of hydrogen-bond donors (Lipinski definition) is 2. The Balaban J connectivity index is 1.74. The molecule has 2 aliphatic heterocycles. The van der Waals surface area contributed by atoms with Crippen LogP contribution >= 0.6 is 0 Å². The number of aryl methyl sites for hydroxylation is 1. The van der Waals surface area contributed by atoms with E-state index in [1.165, 1.54) is 0 Å². The molecule has 2 aromatic rings. The van der Waals surface area contributed by atoms with E-state index in [1.807, 2.05) is 17.0 Å². The minimum Gasteiger partial charge on any atom is -0.340 e. The summed E-state index contributed by atoms with van der Waals surface area (Å²) >= 11 is 0. The number of aromatic amines is 1. The summed E-state index contributed by atoms with van der Waals surface area (Å²) in [6.45, 7) is 4.91. The van der Waals surface area contributed by atoms with Gasteiger partial charge in [-0.05, 0) is 50.3 Å². The van der Waals surface area contributed by atoms with Gasteiger partial charge in [0.1, 0.15) is 0 Å². The van der Waals surface area contributed by atoms with Gasteiger partial charge in [-0.2, -0.15) is 9.98 Å². The maximum absolute atomic E-state index is 12.9. The van der Waals surface area contributed by atoms with Gasteiger partial charge in [0, 0.05) is 23.8 Å². The summed E-state index contributed by atoms with van der Waals surface area (Å²) in [5.74, 6) is -0.570. The smallest absolute Gasteiger partial charge is 0.262 e. The quantitative estimate of drug-likeness (QED) is 0.788. The minimum atomic E-state index is -0.491. The number of nitrogens with zero attached hydrogens (tertiary/aromatic N) is 3. The SMILES string of the molecule is CCc1ccc(NC(=O)C2=c3c(nc(N4CCCCC4C)[nH]c3=O)=NC(=O)C2)cc1. The zero-order valence-electron chi connectivity index (χ0n) is 17.2. The van der Waals surface area contributed by atoms with Crippen LogP contribution in [-0.4, -0.2) is 34.4 Å². The molecule has 0 saturated carbocycles. The molecule has 1 unspecified atom stereocenters. The van der Waals surface area contributed by atoms with Gasteiger partial charge >= 0.3 is 0 Å². The highest BCUT2D eigenvalue weighted by Gasteiger charge is 2.25. The Hall–Kier alpha value is -3.29. The number of hydrogen-bond acceptors (Lipinski definition) is 5. The summed E-state index contributed by atoms with van der Waals surface area (Å²) in [6.07, 6.45) is 3.82. The summed E-state index contributed by atoms with van der Waals surface area (Å²) in [6, 6.07) is 7.69. The van der Waals surface area contributed by atoms with Crippen LogP contribution in [0.15, 0.2) is 34.1 Å². The zero-order valence-corrected chi connectivity index (χ0v) is 17.2. The number of rotatable bonds is 4. The van der Waals surface area contributed by atoms with E-state index in [0.717, 1.165) is 37.8 Å². The van der Waals surface area contributed by atoms with E-state index in [-0.39, 0.29) is 28.7 Å². The monoisotopic (exact) mass is 407 g/mol. The average molecular weight is 407 g/mol. The maximum Gasteiger partial charge on any atom is 0.262 e. The molecule has 3 heterocycles. The van der Waals surface area contributed by atoms with Crippen molar-refractivity contribution in [3.63, 3.8) is 0 Å². The Labute approximate surface area is 173 Å². The van der Waals surface area contributed by atoms with E-state index in [9.17, 15) is 14.4 Å². The van der Waals surface area contributed by atoms with E-state index < -0.39 is 17.4 Å². The highest BCUT2D eigenvalue weighted by atomic mass is 16.2. The fourth-order valence-electron chi connectivity index (χ4n) is 3.97. The Morgan fingerprint density at radius 2 is 2.00 bits per heavy atom. The first-order chi connectivity index (χ1) is 14.5. The lowest BCUT2D eigenvalue weighted by Crippen LogP contribution is -2.51. The summed E-state index contributed by atoms with van der Waals surface area (Å²) < 4.78 is 0. The number of aromatic nitrogens is 2. The topological polar surface area (TPSA) is 108 Å². The van der Waals surface area contributed by atoms with Gasteiger partial charge in [-0.3, -0.25) is 19.4 Å². The molecule has 1 saturated heterocycles. The fraction of sp³-hybridized carbons (Fsp3) is 0.409. The molecular weight excluding hydrogens is 382 g/mol. The zero-order chi connectivity index (χ0) is 21.3. The largest absolute Gasteiger partial charge is 0.340 e. The number of benzene rings is 1. The third-order valence-electron chi connectivity index (χ3n) is 5.72. The van der Waals surface area contributed by atoms with Gasteiger partial charge in [0.2, 0.25) is 5.95 Å². The van der Waals surface area contributed by atoms with Crippen LogP contribution in [0.25, 0.3) is 5.57 Å². The molecule has 0 aliphatic carbocycles. The van der Waals surface area contributed by atoms with Crippen molar-refractivity contribution in [2.45, 2.75) is 52.0 Å². The summed E-state index contributed by atoms with van der Waals surface area (Å²) in [7, 11) is 0. The van der Waals surface area contributed by atoms with Crippen LogP contribution < -0.4 is 26.5 Å². The first kappa shape index (κ1) is 20.0. The molecule has 30 heavy (non-hydrogen) atoms. The van der Waals surface area contributed by atoms with Crippen LogP contribution in [0.3, 0.4) is 0 Å². The number of piperidine rings is 1. The highest BCUT2D eigenvalue weighted by molar-refractivity contribution is 6.23. The predicted molar refractivity (Wildman–Crippen MR) is 114 cm³/mol. The third-order valence-corrected chi connectivity index (χ3v) is 5.72. The Bertz CT molecular complexity index is 1170. The van der Waals surface area contributed by atoms with Crippen LogP contribution in [0.2, 0.25) is 0 Å². The molecule has 2 N–H and O–H groups in total. The van der Waals surface area contributed by atoms with Gasteiger partial charge in [-0.15, -0.1) is 0 Å². The number of nitrogens with one attached hydrogen (secondary N) is 2. The Morgan fingerprint density at radius 1 is 1.23 bits per heavy atom. The molecule has 0 spiro atoms. The second-order valence-electron chi connectivity index (χ2n) is 7.79. The molecule has 2 amide bonds. The first-order valence-electron chi connectivity index (χ1n) is 10.4. The molecule has 1 fully saturated rings. The number of carbonyl (C=O) groups is 2. The molecule has 156 valence electrons. The minimum absolute atomic E-state index is 0.0225. The molecule has 1 aromatic heterocycles. The molecule has 2 aliphatic rings. The molecule has 8 heteroatoms. The number of fused-ring (bicyclic) bond motifs is 1. The highest BCUT2D eigenvalue weighted by Crippen LogP contribution is 2.20. The third kappa shape index (κ3) is 3.90. The molecular formula is C22H25N5O3. The molecule has 0 bridgehead atoms. The fourth-order valence-corrected chi connectivity index (χ4v) is 3.97. The van der Waals surface area contributed by atoms with Crippen LogP contribution in [0.5, 0.6) is 0 Å². The van der Waals surface area contributed by atoms with Gasteiger partial charge < -0.3 is 10.2 Å². The molecule has 4 rings (SSSR count). The van der Waals surface area contributed by atoms with Crippen LogP contribution in [0.4, 0.5) is 11.6 Å². The van der Waals surface area contributed by atoms with Gasteiger partial charge in [0.05, 0.1) is 11.6 Å². The van der Waals surface area contributed by atoms with Crippen molar-refractivity contribution in [2.24, 2.45) is 4.99 Å². The van der Waals surface area contributed by atoms with E-state index >= 15 is 0 Å². The number of amides is 2. The molecule has 8 nitrogen and oxygen atoms in total. The molecule has 1 aromatic carbocycles. The van der Waals surface area contributed by atoms with E-state index in [1.54, 1.807) is 12.1 Å². The van der Waals surface area contributed by atoms with E-state index in [2.05, 4.69) is 34.1 Å². The lowest BCUT2D eigenvalue weighted by Gasteiger charge is -2.33. The Kier molecular flexibility index (Phi) is 5.48. The lowest BCUT2D eigenvalue weighted by molar-refractivity contribution is -0.118. The second-order valence-corrected chi connectivity index (χ2v) is 7.79. The molecule has 1 atom stereocenters. The van der Waals surface area contributed by atoms with E-state index in [0.29, 0.717) is 11.6 Å². The number of anilines is 2. The van der Waals surface area contributed by atoms with Crippen molar-refractivity contribution in [3.05, 3.63) is 50.9 Å². The number of H-pyrrole nitrogens is 1. The second kappa shape index (κ2) is 8.22. The summed E-state index contributed by atoms with van der Waals surface area (Å²) in [5.41, 5.74) is 1.42. The standard InChI is InChI=1S/C22H25N5O3/c1-3-14-7-9-15(10-8-14)23-20(29)16-12-17(28)24-19-18(16)21(30)26-22(25-19)27-11-5-4-6-13(27)2/h7-10,13H,3-6,11-12H2,1-2H3,(H,23,29)(H,24,25,26,28,30). The predicted octanol–water partition coefficient (Wildman–Crippen LogP) is 1.05. The van der Waals surface area contributed by atoms with Crippen molar-refractivity contribution in [1.29, 1.82) is 0 Å². The van der Waals surface area contributed by atoms with Crippen LogP contribution in [-0.2, 0) is 16.0 Å². The van der Waals surface area contributed by atoms with Crippen LogP contribution in [0.1, 0.15) is 45.1 Å². The van der Waals surface area contributed by atoms with Crippen molar-refractivity contribution in [1.82, 2.24) is 9.97 Å². The van der Waals surface area contributed by atoms with Crippen LogP contribution in [0, 0.1) is 0 Å². The van der Waals surface area contributed by atoms with Crippen molar-refractivity contribution < 1.29 is 9.59 Å². The van der Waals surface area contributed by atoms with Gasteiger partial charge in [0.15, 0.2) is 5.49 Å². The Morgan fingerprint density at radius 3 is 2.70 bits per heavy atom. The average Bonchev–Trinajstić information content (AvgIpc) is 2.73. The summed E-state index contributed by atoms with van der Waals surface area (Å²) in [5, 5.41) is 2.85. The summed E-state index contributed by atoms with van der Waals surface area (Å²) in [4.78, 5) is 51.2. The normalized spacial score (nSPS) is 18.6. The number of carbonyl (C=O) groups excluding carboxylic acids is 2.